The summed E-state index contributed by atoms with van der Waals surface area (Å²) in [5.41, 5.74) is 3.24. The molecule has 4 rings (SSSR count). The van der Waals surface area contributed by atoms with E-state index in [-0.39, 0.29) is 6.42 Å². The highest BCUT2D eigenvalue weighted by Gasteiger charge is 2.23. The Hall–Kier alpha value is -2.48. The van der Waals surface area contributed by atoms with Crippen molar-refractivity contribution in [2.24, 2.45) is 0 Å². The SMILES string of the molecule is O=C(O)Cc1cc2c(ncn3nnc(C4CCNCC4)c23)[nH]1. The van der Waals surface area contributed by atoms with Crippen LogP contribution in [0.25, 0.3) is 16.6 Å². The number of aromatic nitrogens is 5. The van der Waals surface area contributed by atoms with Gasteiger partial charge in [0.2, 0.25) is 0 Å². The largest absolute Gasteiger partial charge is 0.481 e. The third-order valence-corrected chi connectivity index (χ3v) is 4.19. The van der Waals surface area contributed by atoms with Crippen LogP contribution in [0.2, 0.25) is 0 Å². The summed E-state index contributed by atoms with van der Waals surface area (Å²) in [6.07, 6.45) is 3.64. The Bertz CT molecular complexity index is 846. The minimum atomic E-state index is -0.868. The average Bonchev–Trinajstić information content (AvgIpc) is 3.09. The lowest BCUT2D eigenvalue weighted by Gasteiger charge is -2.20. The number of carboxylic acids is 1. The lowest BCUT2D eigenvalue weighted by Crippen LogP contribution is -2.26. The van der Waals surface area contributed by atoms with Crippen LogP contribution in [-0.2, 0) is 11.2 Å². The van der Waals surface area contributed by atoms with Crippen molar-refractivity contribution in [1.29, 1.82) is 0 Å². The van der Waals surface area contributed by atoms with Gasteiger partial charge in [0.15, 0.2) is 0 Å². The smallest absolute Gasteiger partial charge is 0.309 e. The first kappa shape index (κ1) is 13.2. The number of piperidine rings is 1. The van der Waals surface area contributed by atoms with E-state index in [1.807, 2.05) is 6.07 Å². The van der Waals surface area contributed by atoms with Crippen LogP contribution in [0, 0.1) is 0 Å². The van der Waals surface area contributed by atoms with Gasteiger partial charge in [-0.15, -0.1) is 5.10 Å². The normalized spacial score (nSPS) is 16.5. The van der Waals surface area contributed by atoms with Crippen molar-refractivity contribution in [2.75, 3.05) is 13.1 Å². The van der Waals surface area contributed by atoms with Crippen LogP contribution >= 0.6 is 0 Å². The molecule has 0 unspecified atom stereocenters. The maximum atomic E-state index is 10.9. The molecule has 1 aliphatic heterocycles. The number of carbonyl (C=O) groups is 1. The maximum Gasteiger partial charge on any atom is 0.309 e. The number of rotatable bonds is 3. The molecular formula is C14H16N6O2. The number of fused-ring (bicyclic) bond motifs is 3. The van der Waals surface area contributed by atoms with E-state index in [1.54, 1.807) is 10.8 Å². The zero-order chi connectivity index (χ0) is 15.1. The molecule has 1 fully saturated rings. The lowest BCUT2D eigenvalue weighted by atomic mass is 9.93. The topological polar surface area (TPSA) is 108 Å². The third-order valence-electron chi connectivity index (χ3n) is 4.19. The molecule has 3 N–H and O–H groups in total. The van der Waals surface area contributed by atoms with Crippen LogP contribution < -0.4 is 5.32 Å². The number of H-pyrrole nitrogens is 1. The van der Waals surface area contributed by atoms with Crippen LogP contribution in [0.5, 0.6) is 0 Å². The van der Waals surface area contributed by atoms with E-state index < -0.39 is 5.97 Å². The highest BCUT2D eigenvalue weighted by Crippen LogP contribution is 2.30. The first-order chi connectivity index (χ1) is 10.7. The Kier molecular flexibility index (Phi) is 3.04. The lowest BCUT2D eigenvalue weighted by molar-refractivity contribution is -0.136. The Morgan fingerprint density at radius 1 is 1.41 bits per heavy atom. The summed E-state index contributed by atoms with van der Waals surface area (Å²) in [5.74, 6) is -0.491. The summed E-state index contributed by atoms with van der Waals surface area (Å²) in [6, 6.07) is 1.85. The monoisotopic (exact) mass is 300 g/mol. The molecule has 0 spiro atoms. The Balaban J connectivity index is 1.87. The number of nitrogens with one attached hydrogen (secondary N) is 2. The highest BCUT2D eigenvalue weighted by atomic mass is 16.4. The molecule has 1 saturated heterocycles. The third kappa shape index (κ3) is 2.12. The summed E-state index contributed by atoms with van der Waals surface area (Å²) < 4.78 is 1.68. The van der Waals surface area contributed by atoms with Gasteiger partial charge in [0, 0.05) is 17.0 Å². The van der Waals surface area contributed by atoms with Gasteiger partial charge >= 0.3 is 5.97 Å². The summed E-state index contributed by atoms with van der Waals surface area (Å²) in [6.45, 7) is 1.96. The molecule has 1 aliphatic rings. The predicted octanol–water partition coefficient (Wildman–Crippen LogP) is 0.700. The first-order valence-electron chi connectivity index (χ1n) is 7.36. The molecule has 3 aromatic heterocycles. The fraction of sp³-hybridized carbons (Fsp3) is 0.429. The quantitative estimate of drug-likeness (QED) is 0.657. The molecule has 0 radical (unpaired) electrons. The van der Waals surface area contributed by atoms with Gasteiger partial charge in [-0.1, -0.05) is 5.21 Å². The van der Waals surface area contributed by atoms with Gasteiger partial charge in [-0.25, -0.2) is 9.50 Å². The number of hydrogen-bond acceptors (Lipinski definition) is 5. The van der Waals surface area contributed by atoms with E-state index in [0.29, 0.717) is 17.3 Å². The van der Waals surface area contributed by atoms with Crippen molar-refractivity contribution in [3.63, 3.8) is 0 Å². The van der Waals surface area contributed by atoms with Crippen molar-refractivity contribution >= 4 is 22.5 Å². The molecule has 0 amide bonds. The minimum absolute atomic E-state index is 0.0488. The summed E-state index contributed by atoms with van der Waals surface area (Å²) >= 11 is 0. The van der Waals surface area contributed by atoms with E-state index in [1.165, 1.54) is 0 Å². The zero-order valence-corrected chi connectivity index (χ0v) is 11.9. The summed E-state index contributed by atoms with van der Waals surface area (Å²) in [4.78, 5) is 18.3. The summed E-state index contributed by atoms with van der Waals surface area (Å²) in [7, 11) is 0. The van der Waals surface area contributed by atoms with Crippen LogP contribution in [0.15, 0.2) is 12.4 Å². The van der Waals surface area contributed by atoms with Gasteiger partial charge < -0.3 is 15.4 Å². The van der Waals surface area contributed by atoms with Crippen molar-refractivity contribution in [3.05, 3.63) is 23.8 Å². The molecule has 4 heterocycles. The van der Waals surface area contributed by atoms with Crippen molar-refractivity contribution < 1.29 is 9.90 Å². The van der Waals surface area contributed by atoms with Crippen molar-refractivity contribution in [1.82, 2.24) is 30.1 Å². The Morgan fingerprint density at radius 3 is 3.00 bits per heavy atom. The van der Waals surface area contributed by atoms with Gasteiger partial charge in [-0.3, -0.25) is 4.79 Å². The molecule has 8 nitrogen and oxygen atoms in total. The molecule has 0 aliphatic carbocycles. The molecule has 0 saturated carbocycles. The standard InChI is InChI=1S/C14H16N6O2/c21-11(22)6-9-5-10-13-12(8-1-3-15-4-2-8)18-19-20(13)7-16-14(10)17-9/h5,7-8,15,17H,1-4,6H2,(H,21,22). The van der Waals surface area contributed by atoms with E-state index in [4.69, 9.17) is 5.11 Å². The molecule has 3 aromatic rings. The number of hydrogen-bond donors (Lipinski definition) is 3. The van der Waals surface area contributed by atoms with Crippen molar-refractivity contribution in [3.8, 4) is 0 Å². The van der Waals surface area contributed by atoms with E-state index in [2.05, 4.69) is 25.6 Å². The number of carboxylic acid groups (broad SMARTS) is 1. The highest BCUT2D eigenvalue weighted by molar-refractivity contribution is 5.94. The summed E-state index contributed by atoms with van der Waals surface area (Å²) in [5, 5.41) is 21.7. The fourth-order valence-electron chi connectivity index (χ4n) is 3.17. The van der Waals surface area contributed by atoms with Gasteiger partial charge in [0.05, 0.1) is 12.1 Å². The second-order valence-electron chi connectivity index (χ2n) is 5.66. The predicted molar refractivity (Wildman–Crippen MR) is 78.8 cm³/mol. The first-order valence-corrected chi connectivity index (χ1v) is 7.36. The minimum Gasteiger partial charge on any atom is -0.481 e. The molecule has 22 heavy (non-hydrogen) atoms. The molecule has 114 valence electrons. The van der Waals surface area contributed by atoms with Crippen LogP contribution in [0.4, 0.5) is 0 Å². The van der Waals surface area contributed by atoms with Crippen LogP contribution in [0.3, 0.4) is 0 Å². The average molecular weight is 300 g/mol. The number of aromatic amines is 1. The van der Waals surface area contributed by atoms with Crippen molar-refractivity contribution in [2.45, 2.75) is 25.2 Å². The van der Waals surface area contributed by atoms with Crippen LogP contribution in [-0.4, -0.2) is 49.0 Å². The number of aliphatic carboxylic acids is 1. The molecule has 8 heteroatoms. The molecule has 0 aromatic carbocycles. The van der Waals surface area contributed by atoms with E-state index in [0.717, 1.165) is 42.5 Å². The van der Waals surface area contributed by atoms with Gasteiger partial charge in [-0.2, -0.15) is 0 Å². The molecule has 0 bridgehead atoms. The second-order valence-corrected chi connectivity index (χ2v) is 5.66. The van der Waals surface area contributed by atoms with Crippen LogP contribution in [0.1, 0.15) is 30.1 Å². The fourth-order valence-corrected chi connectivity index (χ4v) is 3.17. The zero-order valence-electron chi connectivity index (χ0n) is 11.9. The van der Waals surface area contributed by atoms with Gasteiger partial charge in [0.25, 0.3) is 0 Å². The molecule has 0 atom stereocenters. The Morgan fingerprint density at radius 2 is 2.23 bits per heavy atom. The van der Waals surface area contributed by atoms with Gasteiger partial charge in [-0.05, 0) is 32.0 Å². The second kappa shape index (κ2) is 5.06. The van der Waals surface area contributed by atoms with E-state index in [9.17, 15) is 4.79 Å². The maximum absolute atomic E-state index is 10.9. The number of nitrogens with zero attached hydrogens (tertiary/aromatic N) is 4. The Labute approximate surface area is 125 Å². The van der Waals surface area contributed by atoms with E-state index >= 15 is 0 Å². The molecular weight excluding hydrogens is 284 g/mol. The van der Waals surface area contributed by atoms with Gasteiger partial charge in [0.1, 0.15) is 17.5 Å².